The van der Waals surface area contributed by atoms with E-state index >= 15 is 0 Å². The third kappa shape index (κ3) is 2.01. The standard InChI is InChI=1S/C7H5BrFNO2/c8-4-1-2-10-5(7(4)9)3-6(11)12/h1-2H,3H2,(H,11,12). The predicted molar refractivity (Wildman–Crippen MR) is 43.2 cm³/mol. The fourth-order valence-electron chi connectivity index (χ4n) is 0.727. The first-order chi connectivity index (χ1) is 5.61. The van der Waals surface area contributed by atoms with Crippen molar-refractivity contribution in [3.05, 3.63) is 28.2 Å². The lowest BCUT2D eigenvalue weighted by atomic mass is 10.2. The van der Waals surface area contributed by atoms with Gasteiger partial charge in [0.05, 0.1) is 16.6 Å². The Kier molecular flexibility index (Phi) is 2.75. The summed E-state index contributed by atoms with van der Waals surface area (Å²) in [6.07, 6.45) is 0.955. The van der Waals surface area contributed by atoms with Crippen LogP contribution in [0.5, 0.6) is 0 Å². The Morgan fingerprint density at radius 3 is 3.00 bits per heavy atom. The highest BCUT2D eigenvalue weighted by Crippen LogP contribution is 2.16. The molecule has 1 aromatic rings. The fourth-order valence-corrected chi connectivity index (χ4v) is 1.07. The van der Waals surface area contributed by atoms with Crippen LogP contribution >= 0.6 is 15.9 Å². The van der Waals surface area contributed by atoms with E-state index in [9.17, 15) is 9.18 Å². The van der Waals surface area contributed by atoms with Crippen LogP contribution < -0.4 is 0 Å². The molecule has 0 aliphatic rings. The molecule has 64 valence electrons. The Labute approximate surface area is 76.4 Å². The topological polar surface area (TPSA) is 50.2 Å². The highest BCUT2D eigenvalue weighted by molar-refractivity contribution is 9.10. The van der Waals surface area contributed by atoms with Gasteiger partial charge in [0.2, 0.25) is 0 Å². The molecular formula is C7H5BrFNO2. The Morgan fingerprint density at radius 1 is 1.75 bits per heavy atom. The van der Waals surface area contributed by atoms with E-state index in [0.717, 1.165) is 0 Å². The van der Waals surface area contributed by atoms with Crippen LogP contribution in [0, 0.1) is 5.82 Å². The highest BCUT2D eigenvalue weighted by atomic mass is 79.9. The van der Waals surface area contributed by atoms with E-state index in [4.69, 9.17) is 5.11 Å². The molecule has 1 N–H and O–H groups in total. The van der Waals surface area contributed by atoms with Gasteiger partial charge in [-0.1, -0.05) is 0 Å². The first-order valence-electron chi connectivity index (χ1n) is 3.12. The lowest BCUT2D eigenvalue weighted by Crippen LogP contribution is -2.04. The van der Waals surface area contributed by atoms with E-state index in [1.165, 1.54) is 12.3 Å². The molecule has 0 saturated heterocycles. The summed E-state index contributed by atoms with van der Waals surface area (Å²) in [5.74, 6) is -1.71. The zero-order valence-electron chi connectivity index (χ0n) is 5.92. The average molecular weight is 234 g/mol. The van der Waals surface area contributed by atoms with Crippen molar-refractivity contribution in [1.82, 2.24) is 4.98 Å². The molecule has 0 fully saturated rings. The summed E-state index contributed by atoms with van der Waals surface area (Å²) in [6, 6.07) is 1.42. The van der Waals surface area contributed by atoms with Crippen LogP contribution in [0.2, 0.25) is 0 Å². The molecule has 12 heavy (non-hydrogen) atoms. The SMILES string of the molecule is O=C(O)Cc1nccc(Br)c1F. The van der Waals surface area contributed by atoms with Crippen molar-refractivity contribution < 1.29 is 14.3 Å². The number of nitrogens with zero attached hydrogens (tertiary/aromatic N) is 1. The van der Waals surface area contributed by atoms with Gasteiger partial charge < -0.3 is 5.11 Å². The number of aromatic nitrogens is 1. The molecule has 0 saturated carbocycles. The van der Waals surface area contributed by atoms with Gasteiger partial charge in [0.15, 0.2) is 5.82 Å². The highest BCUT2D eigenvalue weighted by Gasteiger charge is 2.10. The van der Waals surface area contributed by atoms with Gasteiger partial charge in [0.25, 0.3) is 0 Å². The summed E-state index contributed by atoms with van der Waals surface area (Å²) in [5.41, 5.74) is -0.0584. The first kappa shape index (κ1) is 9.12. The average Bonchev–Trinajstić information content (AvgIpc) is 1.98. The zero-order chi connectivity index (χ0) is 9.14. The molecule has 3 nitrogen and oxygen atoms in total. The molecule has 0 aliphatic carbocycles. The smallest absolute Gasteiger partial charge is 0.309 e. The molecule has 0 unspecified atom stereocenters. The summed E-state index contributed by atoms with van der Waals surface area (Å²) >= 11 is 2.93. The van der Waals surface area contributed by atoms with Crippen molar-refractivity contribution in [3.8, 4) is 0 Å². The molecule has 1 rings (SSSR count). The van der Waals surface area contributed by atoms with E-state index in [0.29, 0.717) is 0 Å². The minimum absolute atomic E-state index is 0.0584. The summed E-state index contributed by atoms with van der Waals surface area (Å²) in [6.45, 7) is 0. The Hall–Kier alpha value is -0.970. The van der Waals surface area contributed by atoms with Crippen molar-refractivity contribution in [1.29, 1.82) is 0 Å². The van der Waals surface area contributed by atoms with Gasteiger partial charge in [-0.15, -0.1) is 0 Å². The quantitative estimate of drug-likeness (QED) is 0.845. The van der Waals surface area contributed by atoms with Gasteiger partial charge in [-0.3, -0.25) is 9.78 Å². The molecule has 1 aromatic heterocycles. The second-order valence-electron chi connectivity index (χ2n) is 2.12. The fraction of sp³-hybridized carbons (Fsp3) is 0.143. The number of hydrogen-bond donors (Lipinski definition) is 1. The van der Waals surface area contributed by atoms with E-state index in [2.05, 4.69) is 20.9 Å². The van der Waals surface area contributed by atoms with Crippen LogP contribution in [0.15, 0.2) is 16.7 Å². The lowest BCUT2D eigenvalue weighted by Gasteiger charge is -1.99. The number of halogens is 2. The molecule has 1 heterocycles. The number of carboxylic acid groups (broad SMARTS) is 1. The van der Waals surface area contributed by atoms with E-state index < -0.39 is 18.2 Å². The Morgan fingerprint density at radius 2 is 2.42 bits per heavy atom. The van der Waals surface area contributed by atoms with Crippen molar-refractivity contribution >= 4 is 21.9 Å². The first-order valence-corrected chi connectivity index (χ1v) is 3.91. The van der Waals surface area contributed by atoms with Crippen LogP contribution in [-0.2, 0) is 11.2 Å². The zero-order valence-corrected chi connectivity index (χ0v) is 7.51. The number of rotatable bonds is 2. The monoisotopic (exact) mass is 233 g/mol. The van der Waals surface area contributed by atoms with Gasteiger partial charge in [0.1, 0.15) is 0 Å². The molecule has 0 aliphatic heterocycles. The third-order valence-corrected chi connectivity index (χ3v) is 1.85. The number of carbonyl (C=O) groups is 1. The number of aliphatic carboxylic acids is 1. The normalized spacial score (nSPS) is 9.83. The summed E-state index contributed by atoms with van der Waals surface area (Å²) < 4.78 is 13.2. The number of carboxylic acids is 1. The molecule has 0 spiro atoms. The Bertz CT molecular complexity index is 316. The summed E-state index contributed by atoms with van der Waals surface area (Å²) in [5, 5.41) is 8.36. The predicted octanol–water partition coefficient (Wildman–Crippen LogP) is 1.61. The van der Waals surface area contributed by atoms with Crippen LogP contribution in [0.3, 0.4) is 0 Å². The van der Waals surface area contributed by atoms with E-state index in [-0.39, 0.29) is 10.2 Å². The van der Waals surface area contributed by atoms with Gasteiger partial charge in [0, 0.05) is 6.20 Å². The molecule has 0 bridgehead atoms. The van der Waals surface area contributed by atoms with Crippen LogP contribution in [0.25, 0.3) is 0 Å². The second kappa shape index (κ2) is 3.62. The van der Waals surface area contributed by atoms with Gasteiger partial charge >= 0.3 is 5.97 Å². The third-order valence-electron chi connectivity index (χ3n) is 1.23. The summed E-state index contributed by atoms with van der Waals surface area (Å²) in [4.78, 5) is 13.8. The molecule has 0 amide bonds. The molecule has 0 radical (unpaired) electrons. The molecule has 0 atom stereocenters. The largest absolute Gasteiger partial charge is 0.481 e. The maximum absolute atomic E-state index is 13.0. The minimum atomic E-state index is -1.10. The van der Waals surface area contributed by atoms with E-state index in [1.807, 2.05) is 0 Å². The van der Waals surface area contributed by atoms with Gasteiger partial charge in [-0.2, -0.15) is 0 Å². The maximum Gasteiger partial charge on any atom is 0.309 e. The number of hydrogen-bond acceptors (Lipinski definition) is 2. The van der Waals surface area contributed by atoms with E-state index in [1.54, 1.807) is 0 Å². The van der Waals surface area contributed by atoms with Crippen LogP contribution in [-0.4, -0.2) is 16.1 Å². The molecule has 0 aromatic carbocycles. The Balaban J connectivity index is 3.00. The van der Waals surface area contributed by atoms with Crippen molar-refractivity contribution in [2.24, 2.45) is 0 Å². The minimum Gasteiger partial charge on any atom is -0.481 e. The van der Waals surface area contributed by atoms with Crippen LogP contribution in [0.4, 0.5) is 4.39 Å². The van der Waals surface area contributed by atoms with Crippen molar-refractivity contribution in [3.63, 3.8) is 0 Å². The van der Waals surface area contributed by atoms with Crippen molar-refractivity contribution in [2.45, 2.75) is 6.42 Å². The van der Waals surface area contributed by atoms with Crippen LogP contribution in [0.1, 0.15) is 5.69 Å². The maximum atomic E-state index is 13.0. The molecule has 5 heteroatoms. The number of pyridine rings is 1. The van der Waals surface area contributed by atoms with Crippen molar-refractivity contribution in [2.75, 3.05) is 0 Å². The summed E-state index contributed by atoms with van der Waals surface area (Å²) in [7, 11) is 0. The van der Waals surface area contributed by atoms with Gasteiger partial charge in [-0.25, -0.2) is 4.39 Å². The lowest BCUT2D eigenvalue weighted by molar-refractivity contribution is -0.136. The van der Waals surface area contributed by atoms with Gasteiger partial charge in [-0.05, 0) is 22.0 Å². The second-order valence-corrected chi connectivity index (χ2v) is 2.98. The molecular weight excluding hydrogens is 229 g/mol.